The molecule has 1 rings (SSSR count). The van der Waals surface area contributed by atoms with Crippen molar-refractivity contribution in [2.75, 3.05) is 20.3 Å². The molecule has 0 saturated heterocycles. The number of benzene rings is 1. The van der Waals surface area contributed by atoms with Crippen LogP contribution in [0.15, 0.2) is 24.3 Å². The number of aliphatic hydroxyl groups is 1. The van der Waals surface area contributed by atoms with Crippen LogP contribution in [0.1, 0.15) is 25.0 Å². The summed E-state index contributed by atoms with van der Waals surface area (Å²) in [5.41, 5.74) is 0.844. The summed E-state index contributed by atoms with van der Waals surface area (Å²) in [5, 5.41) is 9.76. The average Bonchev–Trinajstić information content (AvgIpc) is 2.29. The molecule has 0 aliphatic heterocycles. The van der Waals surface area contributed by atoms with E-state index in [1.807, 2.05) is 31.2 Å². The normalized spacial score (nSPS) is 12.5. The summed E-state index contributed by atoms with van der Waals surface area (Å²) >= 11 is 0. The fourth-order valence-electron chi connectivity index (χ4n) is 1.34. The number of hydrogen-bond acceptors (Lipinski definition) is 3. The van der Waals surface area contributed by atoms with Crippen LogP contribution in [0.2, 0.25) is 0 Å². The topological polar surface area (TPSA) is 38.7 Å². The van der Waals surface area contributed by atoms with Gasteiger partial charge < -0.3 is 14.6 Å². The summed E-state index contributed by atoms with van der Waals surface area (Å²) in [6.07, 6.45) is 0.230. The average molecular weight is 210 g/mol. The Morgan fingerprint density at radius 3 is 2.67 bits per heavy atom. The van der Waals surface area contributed by atoms with E-state index in [0.717, 1.165) is 11.3 Å². The van der Waals surface area contributed by atoms with Crippen molar-refractivity contribution in [3.05, 3.63) is 29.8 Å². The number of ether oxygens (including phenoxy) is 2. The first-order valence-corrected chi connectivity index (χ1v) is 5.18. The third kappa shape index (κ3) is 3.53. The van der Waals surface area contributed by atoms with Gasteiger partial charge in [0.15, 0.2) is 0 Å². The maximum Gasteiger partial charge on any atom is 0.125 e. The Morgan fingerprint density at radius 2 is 2.00 bits per heavy atom. The summed E-state index contributed by atoms with van der Waals surface area (Å²) in [6.45, 7) is 3.00. The van der Waals surface area contributed by atoms with Gasteiger partial charge in [0.2, 0.25) is 0 Å². The van der Waals surface area contributed by atoms with E-state index in [9.17, 15) is 5.11 Å². The molecule has 0 aliphatic carbocycles. The van der Waals surface area contributed by atoms with Gasteiger partial charge in [-0.15, -0.1) is 0 Å². The monoisotopic (exact) mass is 210 g/mol. The highest BCUT2D eigenvalue weighted by molar-refractivity contribution is 5.34. The van der Waals surface area contributed by atoms with Gasteiger partial charge >= 0.3 is 0 Å². The standard InChI is InChI=1S/C12H18O3/c1-3-11(13)10-6-4-5-7-12(10)15-9-8-14-2/h4-7,11,13H,3,8-9H2,1-2H3/t11-/m1/s1. The van der Waals surface area contributed by atoms with Crippen LogP contribution in [0, 0.1) is 0 Å². The minimum Gasteiger partial charge on any atom is -0.491 e. The summed E-state index contributed by atoms with van der Waals surface area (Å²) in [7, 11) is 1.64. The molecule has 1 aromatic carbocycles. The van der Waals surface area contributed by atoms with Crippen LogP contribution in [-0.2, 0) is 4.74 Å². The molecule has 1 atom stereocenters. The van der Waals surface area contributed by atoms with Crippen molar-refractivity contribution in [2.24, 2.45) is 0 Å². The Morgan fingerprint density at radius 1 is 1.27 bits per heavy atom. The number of rotatable bonds is 6. The zero-order valence-electron chi connectivity index (χ0n) is 9.27. The lowest BCUT2D eigenvalue weighted by Gasteiger charge is -2.14. The Balaban J connectivity index is 2.68. The Kier molecular flexibility index (Phi) is 5.15. The third-order valence-electron chi connectivity index (χ3n) is 2.21. The lowest BCUT2D eigenvalue weighted by atomic mass is 10.1. The number of hydrogen-bond donors (Lipinski definition) is 1. The first kappa shape index (κ1) is 12.0. The van der Waals surface area contributed by atoms with Crippen LogP contribution < -0.4 is 4.74 Å². The molecule has 3 heteroatoms. The molecule has 0 spiro atoms. The van der Waals surface area contributed by atoms with E-state index in [1.165, 1.54) is 0 Å². The zero-order valence-corrected chi connectivity index (χ0v) is 9.27. The summed E-state index contributed by atoms with van der Waals surface area (Å²) in [6, 6.07) is 7.55. The van der Waals surface area contributed by atoms with Crippen molar-refractivity contribution < 1.29 is 14.6 Å². The Labute approximate surface area is 90.6 Å². The van der Waals surface area contributed by atoms with Crippen molar-refractivity contribution in [3.8, 4) is 5.75 Å². The molecule has 0 unspecified atom stereocenters. The number of aliphatic hydroxyl groups excluding tert-OH is 1. The van der Waals surface area contributed by atoms with Crippen molar-refractivity contribution in [3.63, 3.8) is 0 Å². The van der Waals surface area contributed by atoms with Gasteiger partial charge in [0.1, 0.15) is 12.4 Å². The fraction of sp³-hybridized carbons (Fsp3) is 0.500. The molecule has 84 valence electrons. The quantitative estimate of drug-likeness (QED) is 0.731. The molecule has 1 N–H and O–H groups in total. The number of methoxy groups -OCH3 is 1. The summed E-state index contributed by atoms with van der Waals surface area (Å²) in [4.78, 5) is 0. The van der Waals surface area contributed by atoms with Crippen LogP contribution in [0.25, 0.3) is 0 Å². The van der Waals surface area contributed by atoms with Crippen molar-refractivity contribution >= 4 is 0 Å². The smallest absolute Gasteiger partial charge is 0.125 e. The maximum absolute atomic E-state index is 9.76. The Hall–Kier alpha value is -1.06. The highest BCUT2D eigenvalue weighted by Gasteiger charge is 2.10. The second-order valence-corrected chi connectivity index (χ2v) is 3.30. The predicted octanol–water partition coefficient (Wildman–Crippen LogP) is 2.16. The van der Waals surface area contributed by atoms with E-state index in [-0.39, 0.29) is 0 Å². The van der Waals surface area contributed by atoms with Crippen LogP contribution >= 0.6 is 0 Å². The highest BCUT2D eigenvalue weighted by Crippen LogP contribution is 2.26. The van der Waals surface area contributed by atoms with Gasteiger partial charge in [0, 0.05) is 12.7 Å². The summed E-state index contributed by atoms with van der Waals surface area (Å²) < 4.78 is 10.4. The van der Waals surface area contributed by atoms with E-state index in [0.29, 0.717) is 19.6 Å². The summed E-state index contributed by atoms with van der Waals surface area (Å²) in [5.74, 6) is 0.740. The zero-order chi connectivity index (χ0) is 11.1. The second kappa shape index (κ2) is 6.43. The van der Waals surface area contributed by atoms with Crippen molar-refractivity contribution in [2.45, 2.75) is 19.4 Å². The van der Waals surface area contributed by atoms with Crippen LogP contribution in [0.4, 0.5) is 0 Å². The minimum absolute atomic E-state index is 0.455. The molecule has 0 saturated carbocycles. The number of para-hydroxylation sites is 1. The van der Waals surface area contributed by atoms with Crippen LogP contribution in [0.3, 0.4) is 0 Å². The van der Waals surface area contributed by atoms with Gasteiger partial charge in [-0.05, 0) is 12.5 Å². The highest BCUT2D eigenvalue weighted by atomic mass is 16.5. The fourth-order valence-corrected chi connectivity index (χ4v) is 1.34. The molecule has 0 radical (unpaired) electrons. The van der Waals surface area contributed by atoms with Gasteiger partial charge in [-0.2, -0.15) is 0 Å². The Bertz CT molecular complexity index is 286. The molecular formula is C12H18O3. The van der Waals surface area contributed by atoms with E-state index in [1.54, 1.807) is 7.11 Å². The molecule has 0 aliphatic rings. The lowest BCUT2D eigenvalue weighted by Crippen LogP contribution is -2.07. The van der Waals surface area contributed by atoms with Crippen LogP contribution in [0.5, 0.6) is 5.75 Å². The predicted molar refractivity (Wildman–Crippen MR) is 59.1 cm³/mol. The molecule has 3 nitrogen and oxygen atoms in total. The molecule has 0 heterocycles. The van der Waals surface area contributed by atoms with Gasteiger partial charge in [0.25, 0.3) is 0 Å². The van der Waals surface area contributed by atoms with E-state index in [4.69, 9.17) is 9.47 Å². The van der Waals surface area contributed by atoms with E-state index < -0.39 is 6.10 Å². The molecular weight excluding hydrogens is 192 g/mol. The molecule has 0 bridgehead atoms. The minimum atomic E-state index is -0.455. The largest absolute Gasteiger partial charge is 0.491 e. The van der Waals surface area contributed by atoms with E-state index >= 15 is 0 Å². The van der Waals surface area contributed by atoms with Gasteiger partial charge in [-0.1, -0.05) is 25.1 Å². The molecule has 0 fully saturated rings. The second-order valence-electron chi connectivity index (χ2n) is 3.30. The van der Waals surface area contributed by atoms with E-state index in [2.05, 4.69) is 0 Å². The van der Waals surface area contributed by atoms with Gasteiger partial charge in [-0.3, -0.25) is 0 Å². The van der Waals surface area contributed by atoms with Crippen LogP contribution in [-0.4, -0.2) is 25.4 Å². The SMILES string of the molecule is CC[C@@H](O)c1ccccc1OCCOC. The first-order valence-electron chi connectivity index (χ1n) is 5.18. The lowest BCUT2D eigenvalue weighted by molar-refractivity contribution is 0.137. The van der Waals surface area contributed by atoms with Gasteiger partial charge in [-0.25, -0.2) is 0 Å². The molecule has 0 amide bonds. The third-order valence-corrected chi connectivity index (χ3v) is 2.21. The molecule has 0 aromatic heterocycles. The van der Waals surface area contributed by atoms with Crippen molar-refractivity contribution in [1.82, 2.24) is 0 Å². The maximum atomic E-state index is 9.76. The molecule has 15 heavy (non-hydrogen) atoms. The van der Waals surface area contributed by atoms with Gasteiger partial charge in [0.05, 0.1) is 12.7 Å². The molecule has 1 aromatic rings. The van der Waals surface area contributed by atoms with Crippen molar-refractivity contribution in [1.29, 1.82) is 0 Å². The first-order chi connectivity index (χ1) is 7.29.